The molecular weight excluding hydrogens is 212 g/mol. The Hall–Kier alpha value is -1.35. The monoisotopic (exact) mass is 234 g/mol. The van der Waals surface area contributed by atoms with Crippen molar-refractivity contribution in [1.29, 1.82) is 0 Å². The average Bonchev–Trinajstić information content (AvgIpc) is 2.36. The van der Waals surface area contributed by atoms with E-state index in [2.05, 4.69) is 42.7 Å². The standard InChI is InChI=1S/C14H22N2O/c1-4-11-7-6-8-12(5-2)14(11)16-13(17)9-10-15-3/h6-8,15H,4-5,9-10H2,1-3H3,(H,16,17). The fraction of sp³-hybridized carbons (Fsp3) is 0.500. The van der Waals surface area contributed by atoms with Crippen molar-refractivity contribution in [2.45, 2.75) is 33.1 Å². The van der Waals surface area contributed by atoms with Crippen molar-refractivity contribution in [1.82, 2.24) is 5.32 Å². The first kappa shape index (κ1) is 13.7. The molecule has 0 unspecified atom stereocenters. The van der Waals surface area contributed by atoms with Gasteiger partial charge in [0.05, 0.1) is 0 Å². The zero-order chi connectivity index (χ0) is 12.7. The molecule has 0 saturated heterocycles. The lowest BCUT2D eigenvalue weighted by molar-refractivity contribution is -0.116. The molecule has 1 aromatic carbocycles. The van der Waals surface area contributed by atoms with E-state index in [0.29, 0.717) is 13.0 Å². The molecule has 0 aliphatic rings. The lowest BCUT2D eigenvalue weighted by Crippen LogP contribution is -2.20. The number of hydrogen-bond acceptors (Lipinski definition) is 2. The summed E-state index contributed by atoms with van der Waals surface area (Å²) in [6, 6.07) is 6.21. The number of carbonyl (C=O) groups is 1. The number of carbonyl (C=O) groups excluding carboxylic acids is 1. The summed E-state index contributed by atoms with van der Waals surface area (Å²) < 4.78 is 0. The number of para-hydroxylation sites is 1. The van der Waals surface area contributed by atoms with Crippen LogP contribution in [0.1, 0.15) is 31.4 Å². The minimum atomic E-state index is 0.0787. The van der Waals surface area contributed by atoms with Crippen molar-refractivity contribution in [3.8, 4) is 0 Å². The maximum atomic E-state index is 11.8. The molecule has 0 saturated carbocycles. The Labute approximate surface area is 104 Å². The first-order chi connectivity index (χ1) is 8.22. The van der Waals surface area contributed by atoms with Crippen LogP contribution in [0.5, 0.6) is 0 Å². The van der Waals surface area contributed by atoms with Crippen LogP contribution in [0.2, 0.25) is 0 Å². The van der Waals surface area contributed by atoms with Gasteiger partial charge in [-0.3, -0.25) is 4.79 Å². The summed E-state index contributed by atoms with van der Waals surface area (Å²) in [6.07, 6.45) is 2.39. The summed E-state index contributed by atoms with van der Waals surface area (Å²) >= 11 is 0. The van der Waals surface area contributed by atoms with E-state index < -0.39 is 0 Å². The van der Waals surface area contributed by atoms with Gasteiger partial charge in [0, 0.05) is 18.7 Å². The van der Waals surface area contributed by atoms with Crippen molar-refractivity contribution in [2.75, 3.05) is 18.9 Å². The van der Waals surface area contributed by atoms with Crippen molar-refractivity contribution in [2.24, 2.45) is 0 Å². The highest BCUT2D eigenvalue weighted by Crippen LogP contribution is 2.22. The first-order valence-corrected chi connectivity index (χ1v) is 6.28. The number of anilines is 1. The Morgan fingerprint density at radius 3 is 2.24 bits per heavy atom. The van der Waals surface area contributed by atoms with Crippen LogP contribution < -0.4 is 10.6 Å². The lowest BCUT2D eigenvalue weighted by Gasteiger charge is -2.14. The number of hydrogen-bond donors (Lipinski definition) is 2. The predicted molar refractivity (Wildman–Crippen MR) is 72.4 cm³/mol. The quantitative estimate of drug-likeness (QED) is 0.793. The topological polar surface area (TPSA) is 41.1 Å². The molecule has 1 aromatic rings. The van der Waals surface area contributed by atoms with Crippen LogP contribution in [0.25, 0.3) is 0 Å². The third kappa shape index (κ3) is 3.86. The molecule has 0 spiro atoms. The van der Waals surface area contributed by atoms with Gasteiger partial charge in [-0.15, -0.1) is 0 Å². The summed E-state index contributed by atoms with van der Waals surface area (Å²) in [5, 5.41) is 6.02. The van der Waals surface area contributed by atoms with Crippen LogP contribution in [0, 0.1) is 0 Å². The molecule has 0 atom stereocenters. The molecule has 0 fully saturated rings. The minimum absolute atomic E-state index is 0.0787. The van der Waals surface area contributed by atoms with Gasteiger partial charge in [-0.2, -0.15) is 0 Å². The second-order valence-corrected chi connectivity index (χ2v) is 4.06. The third-order valence-corrected chi connectivity index (χ3v) is 2.87. The van der Waals surface area contributed by atoms with Gasteiger partial charge in [0.25, 0.3) is 0 Å². The fourth-order valence-electron chi connectivity index (χ4n) is 1.84. The molecule has 0 heterocycles. The number of benzene rings is 1. The minimum Gasteiger partial charge on any atom is -0.326 e. The van der Waals surface area contributed by atoms with Gasteiger partial charge in [0.2, 0.25) is 5.91 Å². The Bertz CT molecular complexity index is 352. The highest BCUT2D eigenvalue weighted by atomic mass is 16.1. The van der Waals surface area contributed by atoms with Crippen LogP contribution in [0.15, 0.2) is 18.2 Å². The van der Waals surface area contributed by atoms with Gasteiger partial charge < -0.3 is 10.6 Å². The molecule has 1 amide bonds. The molecule has 94 valence electrons. The third-order valence-electron chi connectivity index (χ3n) is 2.87. The SMILES string of the molecule is CCc1cccc(CC)c1NC(=O)CCNC. The summed E-state index contributed by atoms with van der Waals surface area (Å²) in [7, 11) is 1.85. The molecule has 0 bridgehead atoms. The van der Waals surface area contributed by atoms with Gasteiger partial charge in [-0.05, 0) is 31.0 Å². The molecule has 3 nitrogen and oxygen atoms in total. The van der Waals surface area contributed by atoms with E-state index in [9.17, 15) is 4.79 Å². The molecular formula is C14H22N2O. The maximum Gasteiger partial charge on any atom is 0.225 e. The molecule has 2 N–H and O–H groups in total. The van der Waals surface area contributed by atoms with Crippen molar-refractivity contribution in [3.63, 3.8) is 0 Å². The Balaban J connectivity index is 2.83. The van der Waals surface area contributed by atoms with E-state index in [1.54, 1.807) is 0 Å². The van der Waals surface area contributed by atoms with Crippen molar-refractivity contribution < 1.29 is 4.79 Å². The number of amides is 1. The number of rotatable bonds is 6. The molecule has 0 aromatic heterocycles. The summed E-state index contributed by atoms with van der Waals surface area (Å²) in [6.45, 7) is 4.93. The smallest absolute Gasteiger partial charge is 0.225 e. The summed E-state index contributed by atoms with van der Waals surface area (Å²) in [4.78, 5) is 11.8. The normalized spacial score (nSPS) is 10.3. The van der Waals surface area contributed by atoms with E-state index in [1.807, 2.05) is 7.05 Å². The second kappa shape index (κ2) is 7.07. The van der Waals surface area contributed by atoms with Gasteiger partial charge in [-0.1, -0.05) is 32.0 Å². The molecule has 1 rings (SSSR count). The predicted octanol–water partition coefficient (Wildman–Crippen LogP) is 2.36. The largest absolute Gasteiger partial charge is 0.326 e. The van der Waals surface area contributed by atoms with Gasteiger partial charge in [0.1, 0.15) is 0 Å². The van der Waals surface area contributed by atoms with Crippen LogP contribution >= 0.6 is 0 Å². The Kier molecular flexibility index (Phi) is 5.70. The Morgan fingerprint density at radius 1 is 1.18 bits per heavy atom. The van der Waals surface area contributed by atoms with Crippen LogP contribution in [-0.4, -0.2) is 19.5 Å². The first-order valence-electron chi connectivity index (χ1n) is 6.28. The van der Waals surface area contributed by atoms with Crippen LogP contribution in [0.4, 0.5) is 5.69 Å². The molecule has 0 aliphatic carbocycles. The Morgan fingerprint density at radius 2 is 1.76 bits per heavy atom. The van der Waals surface area contributed by atoms with Gasteiger partial charge in [-0.25, -0.2) is 0 Å². The average molecular weight is 234 g/mol. The summed E-state index contributed by atoms with van der Waals surface area (Å²) in [5.41, 5.74) is 3.43. The van der Waals surface area contributed by atoms with Crippen molar-refractivity contribution in [3.05, 3.63) is 29.3 Å². The molecule has 0 aliphatic heterocycles. The zero-order valence-electron chi connectivity index (χ0n) is 11.0. The highest BCUT2D eigenvalue weighted by molar-refractivity contribution is 5.92. The maximum absolute atomic E-state index is 11.8. The molecule has 3 heteroatoms. The number of aryl methyl sites for hydroxylation is 2. The second-order valence-electron chi connectivity index (χ2n) is 4.06. The molecule has 17 heavy (non-hydrogen) atoms. The highest BCUT2D eigenvalue weighted by Gasteiger charge is 2.09. The fourth-order valence-corrected chi connectivity index (χ4v) is 1.84. The lowest BCUT2D eigenvalue weighted by atomic mass is 10.0. The molecule has 0 radical (unpaired) electrons. The van der Waals surface area contributed by atoms with E-state index >= 15 is 0 Å². The van der Waals surface area contributed by atoms with E-state index in [0.717, 1.165) is 18.5 Å². The zero-order valence-corrected chi connectivity index (χ0v) is 11.0. The van der Waals surface area contributed by atoms with E-state index in [1.165, 1.54) is 11.1 Å². The van der Waals surface area contributed by atoms with Gasteiger partial charge in [0.15, 0.2) is 0 Å². The van der Waals surface area contributed by atoms with E-state index in [4.69, 9.17) is 0 Å². The van der Waals surface area contributed by atoms with Crippen LogP contribution in [-0.2, 0) is 17.6 Å². The van der Waals surface area contributed by atoms with Gasteiger partial charge >= 0.3 is 0 Å². The van der Waals surface area contributed by atoms with Crippen molar-refractivity contribution >= 4 is 11.6 Å². The number of nitrogens with one attached hydrogen (secondary N) is 2. The van der Waals surface area contributed by atoms with E-state index in [-0.39, 0.29) is 5.91 Å². The summed E-state index contributed by atoms with van der Waals surface area (Å²) in [5.74, 6) is 0.0787. The van der Waals surface area contributed by atoms with Crippen LogP contribution in [0.3, 0.4) is 0 Å².